The molecule has 3 fully saturated rings. The van der Waals surface area contributed by atoms with Crippen molar-refractivity contribution < 1.29 is 37.1 Å². The van der Waals surface area contributed by atoms with Gasteiger partial charge >= 0.3 is 23.0 Å². The predicted octanol–water partition coefficient (Wildman–Crippen LogP) is -0.289. The molecule has 3 saturated heterocycles. The molecule has 3 aliphatic rings. The van der Waals surface area contributed by atoms with Crippen molar-refractivity contribution in [3.63, 3.8) is 0 Å². The Labute approximate surface area is 209 Å². The number of imide groups is 2. The highest BCUT2D eigenvalue weighted by Crippen LogP contribution is 2.36. The number of carbonyl (C=O) groups excluding carboxylic acids is 5. The Balaban J connectivity index is 1.31. The third kappa shape index (κ3) is 3.96. The number of aromatic nitrogens is 1. The van der Waals surface area contributed by atoms with Gasteiger partial charge in [-0.05, 0) is 30.2 Å². The normalized spacial score (nSPS) is 19.6. The number of anilines is 1. The van der Waals surface area contributed by atoms with Crippen molar-refractivity contribution in [1.82, 2.24) is 30.6 Å². The smallest absolute Gasteiger partial charge is 0.337 e. The van der Waals surface area contributed by atoms with Crippen LogP contribution in [0.3, 0.4) is 0 Å². The van der Waals surface area contributed by atoms with E-state index in [4.69, 9.17) is 4.74 Å². The number of pyridine rings is 1. The van der Waals surface area contributed by atoms with E-state index in [-0.39, 0.29) is 17.6 Å². The molecule has 0 atom stereocenters. The number of likely N-dealkylation sites (tertiary alicyclic amines) is 1. The molecule has 0 saturated carbocycles. The number of hydrogen-bond donors (Lipinski definition) is 4. The van der Waals surface area contributed by atoms with Crippen LogP contribution in [0, 0.1) is 0 Å². The van der Waals surface area contributed by atoms with E-state index >= 15 is 0 Å². The highest BCUT2D eigenvalue weighted by Gasteiger charge is 2.71. The van der Waals surface area contributed by atoms with Crippen molar-refractivity contribution in [2.75, 3.05) is 18.0 Å². The molecule has 0 aliphatic carbocycles. The quantitative estimate of drug-likeness (QED) is 0.376. The van der Waals surface area contributed by atoms with Gasteiger partial charge in [0.05, 0.1) is 11.9 Å². The SMILES string of the molecule is O=C1NC(=O)C2(C(=O)N1)N(c1ccc(Oc3ccc(CNC(=O)N4CCC4)cc3)nc1)C(=O)NS2(=O)=O. The second-order valence-corrected chi connectivity index (χ2v) is 10.0. The number of urea groups is 3. The molecule has 2 aromatic rings. The number of benzene rings is 1. The Morgan fingerprint density at radius 3 is 2.27 bits per heavy atom. The van der Waals surface area contributed by atoms with Gasteiger partial charge in [0.2, 0.25) is 5.88 Å². The lowest BCUT2D eigenvalue weighted by Crippen LogP contribution is -2.74. The van der Waals surface area contributed by atoms with Crippen LogP contribution in [0.15, 0.2) is 42.6 Å². The molecule has 1 aromatic carbocycles. The number of amides is 8. The van der Waals surface area contributed by atoms with E-state index in [1.165, 1.54) is 12.1 Å². The first kappa shape index (κ1) is 24.0. The average Bonchev–Trinajstić information content (AvgIpc) is 3.02. The maximum absolute atomic E-state index is 12.7. The summed E-state index contributed by atoms with van der Waals surface area (Å²) in [4.78, 5) is 64.1. The largest absolute Gasteiger partial charge is 0.439 e. The van der Waals surface area contributed by atoms with Gasteiger partial charge in [-0.1, -0.05) is 12.1 Å². The van der Waals surface area contributed by atoms with Crippen LogP contribution in [-0.4, -0.2) is 66.2 Å². The number of carbonyl (C=O) groups is 5. The van der Waals surface area contributed by atoms with E-state index in [9.17, 15) is 32.4 Å². The molecule has 16 heteroatoms. The van der Waals surface area contributed by atoms with Crippen molar-refractivity contribution in [3.8, 4) is 11.6 Å². The molecule has 0 radical (unpaired) electrons. The Kier molecular flexibility index (Phi) is 5.66. The number of barbiturate groups is 1. The molecule has 4 N–H and O–H groups in total. The third-order valence-corrected chi connectivity index (χ3v) is 7.68. The number of sulfonamides is 1. The minimum absolute atomic E-state index is 0.0619. The molecule has 1 aromatic heterocycles. The molecular weight excluding hydrogens is 510 g/mol. The fraction of sp³-hybridized carbons (Fsp3) is 0.238. The van der Waals surface area contributed by atoms with E-state index in [2.05, 4.69) is 10.3 Å². The Hall–Kier alpha value is -4.73. The van der Waals surface area contributed by atoms with E-state index in [1.54, 1.807) is 44.5 Å². The van der Waals surface area contributed by atoms with Gasteiger partial charge in [0.1, 0.15) is 5.75 Å². The van der Waals surface area contributed by atoms with E-state index in [0.29, 0.717) is 17.2 Å². The lowest BCUT2D eigenvalue weighted by molar-refractivity contribution is -0.133. The highest BCUT2D eigenvalue weighted by molar-refractivity contribution is 7.94. The number of nitrogens with zero attached hydrogens (tertiary/aromatic N) is 3. The second-order valence-electron chi connectivity index (χ2n) is 8.23. The second kappa shape index (κ2) is 8.74. The summed E-state index contributed by atoms with van der Waals surface area (Å²) in [5.74, 6) is -2.56. The number of nitrogens with one attached hydrogen (secondary N) is 4. The molecule has 0 unspecified atom stereocenters. The van der Waals surface area contributed by atoms with Crippen molar-refractivity contribution in [2.45, 2.75) is 17.8 Å². The first-order chi connectivity index (χ1) is 17.6. The molecule has 3 aliphatic heterocycles. The van der Waals surface area contributed by atoms with Gasteiger partial charge in [0, 0.05) is 25.7 Å². The summed E-state index contributed by atoms with van der Waals surface area (Å²) in [5.41, 5.74) is 0.623. The van der Waals surface area contributed by atoms with Crippen LogP contribution in [0.5, 0.6) is 11.6 Å². The summed E-state index contributed by atoms with van der Waals surface area (Å²) in [6.07, 6.45) is 2.04. The first-order valence-corrected chi connectivity index (χ1v) is 12.4. The molecule has 4 heterocycles. The standard InChI is InChI=1S/C21H19N7O8S/c29-16-21(17(30)25-18(31)24-16)28(20(33)26-37(21,34)35)13-4-7-15(22-11-13)36-14-5-2-12(3-6-14)10-23-19(32)27-8-1-9-27/h2-7,11H,1,8-10H2,(H,23,32)(H,26,33)(H2,24,25,29,30,31). The van der Waals surface area contributed by atoms with Crippen molar-refractivity contribution in [3.05, 3.63) is 48.2 Å². The van der Waals surface area contributed by atoms with Gasteiger partial charge in [-0.3, -0.25) is 25.1 Å². The zero-order valence-corrected chi connectivity index (χ0v) is 19.7. The number of rotatable bonds is 5. The fourth-order valence-electron chi connectivity index (χ4n) is 3.92. The maximum Gasteiger partial charge on any atom is 0.337 e. The molecule has 0 bridgehead atoms. The van der Waals surface area contributed by atoms with Gasteiger partial charge in [0.15, 0.2) is 0 Å². The minimum atomic E-state index is -4.89. The van der Waals surface area contributed by atoms with Gasteiger partial charge < -0.3 is 15.0 Å². The summed E-state index contributed by atoms with van der Waals surface area (Å²) in [6, 6.07) is 6.72. The Morgan fingerprint density at radius 2 is 1.70 bits per heavy atom. The Morgan fingerprint density at radius 1 is 1.03 bits per heavy atom. The first-order valence-electron chi connectivity index (χ1n) is 10.9. The Bertz CT molecular complexity index is 1400. The minimum Gasteiger partial charge on any atom is -0.439 e. The fourth-order valence-corrected chi connectivity index (χ4v) is 5.41. The monoisotopic (exact) mass is 529 g/mol. The van der Waals surface area contributed by atoms with E-state index in [0.717, 1.165) is 31.3 Å². The number of hydrogen-bond acceptors (Lipinski definition) is 9. The molecule has 1 spiro atoms. The lowest BCUT2D eigenvalue weighted by Gasteiger charge is -2.34. The topological polar surface area (TPSA) is 196 Å². The van der Waals surface area contributed by atoms with Crippen molar-refractivity contribution in [2.24, 2.45) is 0 Å². The predicted molar refractivity (Wildman–Crippen MR) is 124 cm³/mol. The maximum atomic E-state index is 12.7. The van der Waals surface area contributed by atoms with E-state index in [1.807, 2.05) is 0 Å². The van der Waals surface area contributed by atoms with Crippen LogP contribution in [0.25, 0.3) is 0 Å². The third-order valence-electron chi connectivity index (χ3n) is 5.91. The average molecular weight is 529 g/mol. The molecule has 5 rings (SSSR count). The summed E-state index contributed by atoms with van der Waals surface area (Å²) < 4.78 is 32.6. The molecular formula is C21H19N7O8S. The summed E-state index contributed by atoms with van der Waals surface area (Å²) >= 11 is 0. The lowest BCUT2D eigenvalue weighted by atomic mass is 10.1. The van der Waals surface area contributed by atoms with Crippen LogP contribution in [0.2, 0.25) is 0 Å². The van der Waals surface area contributed by atoms with Crippen LogP contribution in [0.4, 0.5) is 20.1 Å². The van der Waals surface area contributed by atoms with Gasteiger partial charge in [0.25, 0.3) is 21.8 Å². The number of ether oxygens (including phenoxy) is 1. The molecule has 15 nitrogen and oxygen atoms in total. The van der Waals surface area contributed by atoms with Gasteiger partial charge in [-0.25, -0.2) is 32.5 Å². The molecule has 8 amide bonds. The molecule has 37 heavy (non-hydrogen) atoms. The molecule has 192 valence electrons. The summed E-state index contributed by atoms with van der Waals surface area (Å²) in [7, 11) is -4.89. The van der Waals surface area contributed by atoms with Crippen LogP contribution in [0.1, 0.15) is 12.0 Å². The zero-order chi connectivity index (χ0) is 26.4. The van der Waals surface area contributed by atoms with E-state index < -0.39 is 38.8 Å². The zero-order valence-electron chi connectivity index (χ0n) is 18.9. The van der Waals surface area contributed by atoms with Crippen molar-refractivity contribution in [1.29, 1.82) is 0 Å². The highest BCUT2D eigenvalue weighted by atomic mass is 32.2. The van der Waals surface area contributed by atoms with Crippen LogP contribution >= 0.6 is 0 Å². The van der Waals surface area contributed by atoms with Gasteiger partial charge in [-0.15, -0.1) is 0 Å². The van der Waals surface area contributed by atoms with Crippen LogP contribution < -0.4 is 30.3 Å². The summed E-state index contributed by atoms with van der Waals surface area (Å²) in [6.45, 7) is 1.85. The summed E-state index contributed by atoms with van der Waals surface area (Å²) in [5, 5.41) is 6.22. The van der Waals surface area contributed by atoms with Crippen LogP contribution in [-0.2, 0) is 26.2 Å². The van der Waals surface area contributed by atoms with Gasteiger partial charge in [-0.2, -0.15) is 0 Å². The van der Waals surface area contributed by atoms with Crippen molar-refractivity contribution >= 4 is 45.6 Å².